The molecule has 31 heavy (non-hydrogen) atoms. The Balaban J connectivity index is 1.60. The van der Waals surface area contributed by atoms with E-state index in [0.717, 1.165) is 4.90 Å². The number of hydrogen-bond donors (Lipinski definition) is 1. The Labute approximate surface area is 183 Å². The highest BCUT2D eigenvalue weighted by Gasteiger charge is 2.40. The maximum absolute atomic E-state index is 13.0. The van der Waals surface area contributed by atoms with E-state index in [0.29, 0.717) is 10.6 Å². The number of hydrogen-bond acceptors (Lipinski definition) is 4. The lowest BCUT2D eigenvalue weighted by Gasteiger charge is -2.22. The van der Waals surface area contributed by atoms with Crippen LogP contribution in [-0.4, -0.2) is 34.4 Å². The summed E-state index contributed by atoms with van der Waals surface area (Å²) in [6, 6.07) is 18.5. The van der Waals surface area contributed by atoms with Crippen LogP contribution in [0.5, 0.6) is 0 Å². The molecule has 6 nitrogen and oxygen atoms in total. The number of anilines is 1. The standard InChI is InChI=1S/C24H17ClN2O4/c1-14(27-23(30)17-9-5-6-10-18(17)24(27)31)22(29)26-20-12-11-16(25)13-19(20)21(28)15-7-3-2-4-8-15/h2-14H,1H3,(H,26,29)/t14-/m1/s1. The van der Waals surface area contributed by atoms with Gasteiger partial charge in [0.1, 0.15) is 6.04 Å². The monoisotopic (exact) mass is 432 g/mol. The van der Waals surface area contributed by atoms with Crippen LogP contribution >= 0.6 is 11.6 Å². The maximum Gasteiger partial charge on any atom is 0.262 e. The van der Waals surface area contributed by atoms with Crippen molar-refractivity contribution < 1.29 is 19.2 Å². The van der Waals surface area contributed by atoms with E-state index < -0.39 is 23.8 Å². The summed E-state index contributed by atoms with van der Waals surface area (Å²) in [7, 11) is 0. The minimum Gasteiger partial charge on any atom is -0.324 e. The second-order valence-corrected chi connectivity index (χ2v) is 7.51. The van der Waals surface area contributed by atoms with Crippen molar-refractivity contribution in [2.75, 3.05) is 5.32 Å². The van der Waals surface area contributed by atoms with Crippen LogP contribution in [0.1, 0.15) is 43.6 Å². The second-order valence-electron chi connectivity index (χ2n) is 7.08. The molecule has 3 aromatic carbocycles. The van der Waals surface area contributed by atoms with Gasteiger partial charge in [0.2, 0.25) is 5.91 Å². The molecule has 1 aliphatic heterocycles. The van der Waals surface area contributed by atoms with E-state index in [2.05, 4.69) is 5.32 Å². The largest absolute Gasteiger partial charge is 0.324 e. The highest BCUT2D eigenvalue weighted by atomic mass is 35.5. The van der Waals surface area contributed by atoms with Gasteiger partial charge < -0.3 is 5.32 Å². The molecular weight excluding hydrogens is 416 g/mol. The molecule has 0 aromatic heterocycles. The lowest BCUT2D eigenvalue weighted by molar-refractivity contribution is -0.119. The maximum atomic E-state index is 13.0. The number of carbonyl (C=O) groups is 4. The first-order valence-corrected chi connectivity index (χ1v) is 9.93. The van der Waals surface area contributed by atoms with Gasteiger partial charge in [-0.15, -0.1) is 0 Å². The zero-order valence-corrected chi connectivity index (χ0v) is 17.2. The van der Waals surface area contributed by atoms with E-state index in [-0.39, 0.29) is 28.2 Å². The summed E-state index contributed by atoms with van der Waals surface area (Å²) in [6.07, 6.45) is 0. The first kappa shape index (κ1) is 20.5. The van der Waals surface area contributed by atoms with E-state index in [1.807, 2.05) is 0 Å². The van der Waals surface area contributed by atoms with Gasteiger partial charge in [-0.2, -0.15) is 0 Å². The molecule has 0 aliphatic carbocycles. The van der Waals surface area contributed by atoms with Crippen molar-refractivity contribution in [1.29, 1.82) is 0 Å². The third-order valence-corrected chi connectivity index (χ3v) is 5.35. The number of nitrogens with one attached hydrogen (secondary N) is 1. The number of halogens is 1. The average Bonchev–Trinajstić information content (AvgIpc) is 3.04. The quantitative estimate of drug-likeness (QED) is 0.484. The fourth-order valence-electron chi connectivity index (χ4n) is 3.47. The van der Waals surface area contributed by atoms with Gasteiger partial charge in [-0.25, -0.2) is 0 Å². The van der Waals surface area contributed by atoms with Crippen LogP contribution in [0.15, 0.2) is 72.8 Å². The number of ketones is 1. The van der Waals surface area contributed by atoms with Crippen LogP contribution in [0.3, 0.4) is 0 Å². The molecule has 0 saturated heterocycles. The molecule has 1 aliphatic rings. The van der Waals surface area contributed by atoms with Crippen molar-refractivity contribution in [2.45, 2.75) is 13.0 Å². The first-order chi connectivity index (χ1) is 14.9. The van der Waals surface area contributed by atoms with Crippen LogP contribution in [-0.2, 0) is 4.79 Å². The van der Waals surface area contributed by atoms with Gasteiger partial charge in [0, 0.05) is 16.1 Å². The van der Waals surface area contributed by atoms with Gasteiger partial charge in [0.05, 0.1) is 16.8 Å². The summed E-state index contributed by atoms with van der Waals surface area (Å²) < 4.78 is 0. The molecule has 7 heteroatoms. The predicted octanol–water partition coefficient (Wildman–Crippen LogP) is 4.19. The van der Waals surface area contributed by atoms with E-state index in [9.17, 15) is 19.2 Å². The summed E-state index contributed by atoms with van der Waals surface area (Å²) >= 11 is 6.08. The Hall–Kier alpha value is -3.77. The molecule has 1 N–H and O–H groups in total. The number of fused-ring (bicyclic) bond motifs is 1. The molecule has 4 rings (SSSR count). The third-order valence-electron chi connectivity index (χ3n) is 5.11. The Kier molecular flexibility index (Phi) is 5.40. The van der Waals surface area contributed by atoms with Gasteiger partial charge in [-0.1, -0.05) is 54.1 Å². The van der Waals surface area contributed by atoms with Crippen molar-refractivity contribution in [2.24, 2.45) is 0 Å². The first-order valence-electron chi connectivity index (χ1n) is 9.55. The van der Waals surface area contributed by atoms with Crippen molar-refractivity contribution >= 4 is 40.8 Å². The number of carbonyl (C=O) groups excluding carboxylic acids is 4. The normalized spacial score (nSPS) is 13.7. The number of benzene rings is 3. The summed E-state index contributed by atoms with van der Waals surface area (Å²) in [6.45, 7) is 1.46. The Morgan fingerprint density at radius 1 is 0.871 bits per heavy atom. The number of nitrogens with zero attached hydrogens (tertiary/aromatic N) is 1. The van der Waals surface area contributed by atoms with Gasteiger partial charge in [0.15, 0.2) is 5.78 Å². The smallest absolute Gasteiger partial charge is 0.262 e. The highest BCUT2D eigenvalue weighted by Crippen LogP contribution is 2.27. The van der Waals surface area contributed by atoms with E-state index in [1.165, 1.54) is 19.1 Å². The molecule has 0 saturated carbocycles. The molecule has 0 unspecified atom stereocenters. The SMILES string of the molecule is C[C@H](C(=O)Nc1ccc(Cl)cc1C(=O)c1ccccc1)N1C(=O)c2ccccc2C1=O. The van der Waals surface area contributed by atoms with Gasteiger partial charge in [-0.3, -0.25) is 24.1 Å². The number of amides is 3. The molecule has 0 bridgehead atoms. The zero-order chi connectivity index (χ0) is 22.1. The van der Waals surface area contributed by atoms with E-state index >= 15 is 0 Å². The van der Waals surface area contributed by atoms with Crippen LogP contribution in [0.25, 0.3) is 0 Å². The summed E-state index contributed by atoms with van der Waals surface area (Å²) in [5.74, 6) is -1.97. The van der Waals surface area contributed by atoms with Crippen molar-refractivity contribution in [3.8, 4) is 0 Å². The number of rotatable bonds is 5. The minimum absolute atomic E-state index is 0.210. The fourth-order valence-corrected chi connectivity index (χ4v) is 3.64. The van der Waals surface area contributed by atoms with Crippen LogP contribution in [0.4, 0.5) is 5.69 Å². The number of imide groups is 1. The van der Waals surface area contributed by atoms with Crippen molar-refractivity contribution in [1.82, 2.24) is 4.90 Å². The predicted molar refractivity (Wildman–Crippen MR) is 116 cm³/mol. The molecular formula is C24H17ClN2O4. The lowest BCUT2D eigenvalue weighted by Crippen LogP contribution is -2.45. The Bertz CT molecular complexity index is 1190. The van der Waals surface area contributed by atoms with E-state index in [4.69, 9.17) is 11.6 Å². The molecule has 3 aromatic rings. The third kappa shape index (κ3) is 3.73. The fraction of sp³-hybridized carbons (Fsp3) is 0.0833. The molecule has 1 heterocycles. The molecule has 3 amide bonds. The van der Waals surface area contributed by atoms with Crippen LogP contribution in [0.2, 0.25) is 5.02 Å². The van der Waals surface area contributed by atoms with Crippen LogP contribution in [0, 0.1) is 0 Å². The van der Waals surface area contributed by atoms with Crippen molar-refractivity contribution in [3.63, 3.8) is 0 Å². The van der Waals surface area contributed by atoms with Gasteiger partial charge >= 0.3 is 0 Å². The Morgan fingerprint density at radius 3 is 2.06 bits per heavy atom. The van der Waals surface area contributed by atoms with Crippen molar-refractivity contribution in [3.05, 3.63) is 100 Å². The molecule has 0 radical (unpaired) electrons. The topological polar surface area (TPSA) is 83.6 Å². The highest BCUT2D eigenvalue weighted by molar-refractivity contribution is 6.31. The Morgan fingerprint density at radius 2 is 1.45 bits per heavy atom. The average molecular weight is 433 g/mol. The van der Waals surface area contributed by atoms with Gasteiger partial charge in [-0.05, 0) is 37.3 Å². The molecule has 1 atom stereocenters. The molecule has 154 valence electrons. The minimum atomic E-state index is -1.08. The molecule has 0 fully saturated rings. The van der Waals surface area contributed by atoms with Gasteiger partial charge in [0.25, 0.3) is 11.8 Å². The van der Waals surface area contributed by atoms with Crippen LogP contribution < -0.4 is 5.32 Å². The summed E-state index contributed by atoms with van der Waals surface area (Å²) in [4.78, 5) is 52.1. The summed E-state index contributed by atoms with van der Waals surface area (Å²) in [5, 5.41) is 3.01. The van der Waals surface area contributed by atoms with E-state index in [1.54, 1.807) is 60.7 Å². The zero-order valence-electron chi connectivity index (χ0n) is 16.5. The lowest BCUT2D eigenvalue weighted by atomic mass is 10.0. The summed E-state index contributed by atoms with van der Waals surface area (Å²) in [5.41, 5.74) is 1.42. The molecule has 0 spiro atoms. The second kappa shape index (κ2) is 8.16.